The molecule has 0 radical (unpaired) electrons. The number of nitrogens with one attached hydrogen (secondary N) is 1. The fourth-order valence-electron chi connectivity index (χ4n) is 1.36. The number of hydrogen-bond acceptors (Lipinski definition) is 4. The van der Waals surface area contributed by atoms with Crippen LogP contribution < -0.4 is 5.32 Å². The van der Waals surface area contributed by atoms with Crippen LogP contribution in [0.15, 0.2) is 27.5 Å². The van der Waals surface area contributed by atoms with Crippen LogP contribution in [0.25, 0.3) is 0 Å². The summed E-state index contributed by atoms with van der Waals surface area (Å²) in [6, 6.07) is 3.53. The summed E-state index contributed by atoms with van der Waals surface area (Å²) in [4.78, 5) is 19.9. The van der Waals surface area contributed by atoms with Crippen LogP contribution in [0.3, 0.4) is 0 Å². The van der Waals surface area contributed by atoms with Gasteiger partial charge in [0.2, 0.25) is 5.76 Å². The number of halogens is 1. The van der Waals surface area contributed by atoms with Crippen molar-refractivity contribution in [2.75, 3.05) is 5.32 Å². The molecule has 2 aromatic heterocycles. The average Bonchev–Trinajstić information content (AvgIpc) is 2.68. The summed E-state index contributed by atoms with van der Waals surface area (Å²) in [6.45, 7) is 3.53. The highest BCUT2D eigenvalue weighted by atomic mass is 79.9. The van der Waals surface area contributed by atoms with E-state index < -0.39 is 0 Å². The second-order valence-corrected chi connectivity index (χ2v) is 4.30. The number of carbonyl (C=O) groups is 1. The van der Waals surface area contributed by atoms with Crippen LogP contribution in [0.2, 0.25) is 0 Å². The Bertz CT molecular complexity index is 566. The lowest BCUT2D eigenvalue weighted by molar-refractivity contribution is 0.0995. The van der Waals surface area contributed by atoms with E-state index in [1.54, 1.807) is 19.1 Å². The molecule has 2 rings (SSSR count). The molecule has 6 heteroatoms. The Morgan fingerprint density at radius 2 is 2.12 bits per heavy atom. The lowest BCUT2D eigenvalue weighted by Gasteiger charge is -2.06. The lowest BCUT2D eigenvalue weighted by atomic mass is 10.3. The highest BCUT2D eigenvalue weighted by Crippen LogP contribution is 2.17. The number of aryl methyl sites for hydroxylation is 2. The van der Waals surface area contributed by atoms with Gasteiger partial charge in [0.05, 0.1) is 17.1 Å². The summed E-state index contributed by atoms with van der Waals surface area (Å²) in [5, 5.41) is 2.72. The van der Waals surface area contributed by atoms with Crippen molar-refractivity contribution in [2.24, 2.45) is 0 Å². The Labute approximate surface area is 106 Å². The van der Waals surface area contributed by atoms with Gasteiger partial charge in [-0.15, -0.1) is 0 Å². The van der Waals surface area contributed by atoms with E-state index in [4.69, 9.17) is 4.42 Å². The number of aromatic nitrogens is 2. The van der Waals surface area contributed by atoms with E-state index in [1.807, 2.05) is 6.92 Å². The molecule has 5 nitrogen and oxygen atoms in total. The van der Waals surface area contributed by atoms with E-state index >= 15 is 0 Å². The Morgan fingerprint density at radius 1 is 1.35 bits per heavy atom. The van der Waals surface area contributed by atoms with Crippen LogP contribution in [0.4, 0.5) is 5.69 Å². The summed E-state index contributed by atoms with van der Waals surface area (Å²) < 4.78 is 5.73. The zero-order valence-electron chi connectivity index (χ0n) is 9.32. The van der Waals surface area contributed by atoms with E-state index in [0.717, 1.165) is 10.3 Å². The van der Waals surface area contributed by atoms with E-state index in [-0.39, 0.29) is 11.7 Å². The first kappa shape index (κ1) is 11.8. The predicted molar refractivity (Wildman–Crippen MR) is 65.9 cm³/mol. The minimum atomic E-state index is -0.327. The van der Waals surface area contributed by atoms with Gasteiger partial charge in [-0.1, -0.05) is 0 Å². The molecule has 0 saturated heterocycles. The van der Waals surface area contributed by atoms with Gasteiger partial charge < -0.3 is 9.73 Å². The normalized spacial score (nSPS) is 10.3. The number of carbonyl (C=O) groups excluding carboxylic acids is 1. The summed E-state index contributed by atoms with van der Waals surface area (Å²) in [5.74, 6) is -0.112. The first-order valence-electron chi connectivity index (χ1n) is 4.92. The first-order chi connectivity index (χ1) is 8.08. The van der Waals surface area contributed by atoms with Crippen molar-refractivity contribution in [3.05, 3.63) is 40.3 Å². The van der Waals surface area contributed by atoms with Crippen molar-refractivity contribution in [3.63, 3.8) is 0 Å². The molecule has 2 aromatic rings. The van der Waals surface area contributed by atoms with Crippen LogP contribution in [0.5, 0.6) is 0 Å². The number of rotatable bonds is 2. The third-order valence-corrected chi connectivity index (χ3v) is 2.69. The monoisotopic (exact) mass is 295 g/mol. The summed E-state index contributed by atoms with van der Waals surface area (Å²) in [6.07, 6.45) is 1.25. The van der Waals surface area contributed by atoms with Crippen molar-refractivity contribution in [1.29, 1.82) is 0 Å². The molecule has 17 heavy (non-hydrogen) atoms. The fourth-order valence-corrected chi connectivity index (χ4v) is 1.76. The highest BCUT2D eigenvalue weighted by Gasteiger charge is 2.15. The Hall–Kier alpha value is -1.69. The Kier molecular flexibility index (Phi) is 3.23. The summed E-state index contributed by atoms with van der Waals surface area (Å²) in [7, 11) is 0. The molecule has 0 aliphatic rings. The minimum absolute atomic E-state index is 0.215. The molecule has 2 heterocycles. The zero-order chi connectivity index (χ0) is 12.4. The van der Waals surface area contributed by atoms with E-state index in [1.165, 1.54) is 6.39 Å². The number of amides is 1. The molecule has 0 aliphatic carbocycles. The van der Waals surface area contributed by atoms with Gasteiger partial charge in [-0.05, 0) is 41.9 Å². The van der Waals surface area contributed by atoms with Gasteiger partial charge in [0, 0.05) is 0 Å². The number of anilines is 1. The van der Waals surface area contributed by atoms with Crippen LogP contribution in [-0.4, -0.2) is 15.9 Å². The van der Waals surface area contributed by atoms with Crippen LogP contribution in [0, 0.1) is 13.8 Å². The largest absolute Gasteiger partial charge is 0.438 e. The molecule has 0 bridgehead atoms. The predicted octanol–water partition coefficient (Wildman–Crippen LogP) is 2.70. The molecule has 0 aliphatic heterocycles. The van der Waals surface area contributed by atoms with Gasteiger partial charge >= 0.3 is 0 Å². The van der Waals surface area contributed by atoms with Gasteiger partial charge in [0.1, 0.15) is 4.60 Å². The molecule has 1 amide bonds. The van der Waals surface area contributed by atoms with E-state index in [0.29, 0.717) is 11.4 Å². The zero-order valence-corrected chi connectivity index (χ0v) is 10.9. The van der Waals surface area contributed by atoms with Crippen molar-refractivity contribution < 1.29 is 9.21 Å². The molecular weight excluding hydrogens is 286 g/mol. The average molecular weight is 296 g/mol. The second kappa shape index (κ2) is 4.67. The van der Waals surface area contributed by atoms with Gasteiger partial charge in [-0.25, -0.2) is 9.97 Å². The third kappa shape index (κ3) is 2.52. The molecule has 0 aromatic carbocycles. The molecular formula is C11H10BrN3O2. The molecule has 1 N–H and O–H groups in total. The molecule has 0 spiro atoms. The third-order valence-electron chi connectivity index (χ3n) is 2.25. The van der Waals surface area contributed by atoms with E-state index in [2.05, 4.69) is 31.2 Å². The Balaban J connectivity index is 2.22. The fraction of sp³-hybridized carbons (Fsp3) is 0.182. The molecule has 88 valence electrons. The van der Waals surface area contributed by atoms with E-state index in [9.17, 15) is 4.79 Å². The number of oxazole rings is 1. The maximum atomic E-state index is 11.8. The molecule has 0 saturated carbocycles. The standard InChI is InChI=1S/C11H10BrN3O2/c1-6-8(3-4-9(12)14-6)15-11(16)10-7(2)13-5-17-10/h3-5H,1-2H3,(H,15,16). The van der Waals surface area contributed by atoms with Gasteiger partial charge in [0.15, 0.2) is 6.39 Å². The number of hydrogen-bond donors (Lipinski definition) is 1. The van der Waals surface area contributed by atoms with Gasteiger partial charge in [-0.3, -0.25) is 4.79 Å². The molecule has 0 fully saturated rings. The second-order valence-electron chi connectivity index (χ2n) is 3.49. The van der Waals surface area contributed by atoms with Crippen molar-refractivity contribution >= 4 is 27.5 Å². The number of nitrogens with zero attached hydrogens (tertiary/aromatic N) is 2. The molecule has 0 unspecified atom stereocenters. The van der Waals surface area contributed by atoms with Gasteiger partial charge in [0.25, 0.3) is 5.91 Å². The maximum absolute atomic E-state index is 11.8. The Morgan fingerprint density at radius 3 is 2.71 bits per heavy atom. The number of pyridine rings is 1. The topological polar surface area (TPSA) is 68.0 Å². The van der Waals surface area contributed by atoms with Crippen molar-refractivity contribution in [2.45, 2.75) is 13.8 Å². The van der Waals surface area contributed by atoms with Crippen LogP contribution in [-0.2, 0) is 0 Å². The van der Waals surface area contributed by atoms with Crippen LogP contribution in [0.1, 0.15) is 21.9 Å². The minimum Gasteiger partial charge on any atom is -0.438 e. The summed E-state index contributed by atoms with van der Waals surface area (Å²) >= 11 is 3.26. The first-order valence-corrected chi connectivity index (χ1v) is 5.72. The van der Waals surface area contributed by atoms with Crippen molar-refractivity contribution in [3.8, 4) is 0 Å². The highest BCUT2D eigenvalue weighted by molar-refractivity contribution is 9.10. The van der Waals surface area contributed by atoms with Crippen LogP contribution >= 0.6 is 15.9 Å². The molecule has 0 atom stereocenters. The lowest BCUT2D eigenvalue weighted by Crippen LogP contribution is -2.13. The quantitative estimate of drug-likeness (QED) is 0.865. The SMILES string of the molecule is Cc1nc(Br)ccc1NC(=O)c1ocnc1C. The maximum Gasteiger partial charge on any atom is 0.293 e. The summed E-state index contributed by atoms with van der Waals surface area (Å²) in [5.41, 5.74) is 1.93. The van der Waals surface area contributed by atoms with Gasteiger partial charge in [-0.2, -0.15) is 0 Å². The smallest absolute Gasteiger partial charge is 0.293 e. The van der Waals surface area contributed by atoms with Crippen molar-refractivity contribution in [1.82, 2.24) is 9.97 Å².